The Hall–Kier alpha value is -4.10. The van der Waals surface area contributed by atoms with Gasteiger partial charge in [0.05, 0.1) is 29.8 Å². The van der Waals surface area contributed by atoms with Gasteiger partial charge in [-0.2, -0.15) is 0 Å². The molecular weight excluding hydrogens is 474 g/mol. The largest absolute Gasteiger partial charge is 0.497 e. The number of anilines is 1. The fourth-order valence-corrected chi connectivity index (χ4v) is 5.40. The number of benzene rings is 4. The van der Waals surface area contributed by atoms with Crippen LogP contribution in [0, 0.1) is 6.92 Å². The van der Waals surface area contributed by atoms with Gasteiger partial charge in [0.25, 0.3) is 10.0 Å². The van der Waals surface area contributed by atoms with E-state index in [2.05, 4.69) is 0 Å². The molecule has 0 fully saturated rings. The molecule has 6 nitrogen and oxygen atoms in total. The van der Waals surface area contributed by atoms with Crippen molar-refractivity contribution in [2.45, 2.75) is 25.0 Å². The van der Waals surface area contributed by atoms with Gasteiger partial charge in [0, 0.05) is 0 Å². The van der Waals surface area contributed by atoms with Crippen LogP contribution in [0.1, 0.15) is 27.0 Å². The monoisotopic (exact) mass is 501 g/mol. The maximum absolute atomic E-state index is 14.0. The predicted molar refractivity (Wildman–Crippen MR) is 140 cm³/mol. The van der Waals surface area contributed by atoms with Crippen molar-refractivity contribution in [3.05, 3.63) is 125 Å². The van der Waals surface area contributed by atoms with Crippen molar-refractivity contribution in [1.29, 1.82) is 0 Å². The van der Waals surface area contributed by atoms with E-state index in [1.807, 2.05) is 60.7 Å². The fourth-order valence-electron chi connectivity index (χ4n) is 3.86. The number of sulfonamides is 1. The molecule has 4 aromatic rings. The molecule has 0 heterocycles. The standard InChI is InChI=1S/C29H27NO5S/c1-22-10-9-15-27(29(31)35-21-24-13-7-4-8-14-24)28(22)30(20-23-11-5-3-6-12-23)36(32,33)26-18-16-25(34-2)17-19-26/h3-19H,20-21H2,1-2H3. The van der Waals surface area contributed by atoms with Crippen LogP contribution < -0.4 is 9.04 Å². The number of carbonyl (C=O) groups excluding carboxylic acids is 1. The number of carbonyl (C=O) groups is 1. The number of rotatable bonds is 9. The molecule has 0 N–H and O–H groups in total. The van der Waals surface area contributed by atoms with Crippen molar-refractivity contribution >= 4 is 21.7 Å². The first kappa shape index (κ1) is 25.0. The topological polar surface area (TPSA) is 72.9 Å². The van der Waals surface area contributed by atoms with Gasteiger partial charge in [-0.1, -0.05) is 72.8 Å². The highest BCUT2D eigenvalue weighted by molar-refractivity contribution is 7.92. The molecule has 0 unspecified atom stereocenters. The van der Waals surface area contributed by atoms with E-state index in [0.29, 0.717) is 11.3 Å². The Bertz CT molecular complexity index is 1420. The lowest BCUT2D eigenvalue weighted by molar-refractivity contribution is 0.0473. The number of hydrogen-bond donors (Lipinski definition) is 0. The van der Waals surface area contributed by atoms with Crippen LogP contribution in [0.15, 0.2) is 108 Å². The van der Waals surface area contributed by atoms with E-state index in [0.717, 1.165) is 11.1 Å². The molecule has 0 spiro atoms. The van der Waals surface area contributed by atoms with E-state index in [-0.39, 0.29) is 29.3 Å². The number of methoxy groups -OCH3 is 1. The van der Waals surface area contributed by atoms with Gasteiger partial charge in [-0.15, -0.1) is 0 Å². The Balaban J connectivity index is 1.77. The van der Waals surface area contributed by atoms with E-state index >= 15 is 0 Å². The summed E-state index contributed by atoms with van der Waals surface area (Å²) in [7, 11) is -2.53. The molecule has 0 saturated carbocycles. The molecule has 0 radical (unpaired) electrons. The van der Waals surface area contributed by atoms with Crippen molar-refractivity contribution in [2.24, 2.45) is 0 Å². The molecule has 7 heteroatoms. The van der Waals surface area contributed by atoms with Gasteiger partial charge in [0.2, 0.25) is 0 Å². The van der Waals surface area contributed by atoms with Crippen LogP contribution in [0.2, 0.25) is 0 Å². The third-order valence-corrected chi connectivity index (χ3v) is 7.50. The minimum atomic E-state index is -4.05. The van der Waals surface area contributed by atoms with Crippen LogP contribution >= 0.6 is 0 Å². The van der Waals surface area contributed by atoms with Gasteiger partial charge < -0.3 is 9.47 Å². The second-order valence-corrected chi connectivity index (χ2v) is 10.1. The van der Waals surface area contributed by atoms with Gasteiger partial charge in [-0.05, 0) is 53.9 Å². The summed E-state index contributed by atoms with van der Waals surface area (Å²) in [6.07, 6.45) is 0. The number of aryl methyl sites for hydroxylation is 1. The summed E-state index contributed by atoms with van der Waals surface area (Å²) in [6.45, 7) is 1.90. The number of ether oxygens (including phenoxy) is 2. The Kier molecular flexibility index (Phi) is 7.71. The van der Waals surface area contributed by atoms with Gasteiger partial charge in [-0.25, -0.2) is 13.2 Å². The molecule has 0 aliphatic rings. The summed E-state index contributed by atoms with van der Waals surface area (Å²) in [5.41, 5.74) is 2.72. The lowest BCUT2D eigenvalue weighted by Crippen LogP contribution is -2.32. The number of para-hydroxylation sites is 1. The zero-order valence-corrected chi connectivity index (χ0v) is 20.9. The first-order chi connectivity index (χ1) is 17.4. The second-order valence-electron chi connectivity index (χ2n) is 8.21. The molecule has 0 bridgehead atoms. The maximum Gasteiger partial charge on any atom is 0.340 e. The van der Waals surface area contributed by atoms with Gasteiger partial charge in [0.1, 0.15) is 12.4 Å². The molecule has 0 saturated heterocycles. The van der Waals surface area contributed by atoms with Crippen molar-refractivity contribution in [1.82, 2.24) is 0 Å². The third-order valence-electron chi connectivity index (χ3n) is 5.74. The van der Waals surface area contributed by atoms with Crippen molar-refractivity contribution < 1.29 is 22.7 Å². The summed E-state index contributed by atoms with van der Waals surface area (Å²) in [4.78, 5) is 13.3. The van der Waals surface area contributed by atoms with Gasteiger partial charge in [-0.3, -0.25) is 4.31 Å². The summed E-state index contributed by atoms with van der Waals surface area (Å²) < 4.78 is 40.0. The summed E-state index contributed by atoms with van der Waals surface area (Å²) in [6, 6.07) is 29.9. The average molecular weight is 502 g/mol. The number of esters is 1. The van der Waals surface area contributed by atoms with E-state index in [4.69, 9.17) is 9.47 Å². The second kappa shape index (κ2) is 11.1. The number of nitrogens with zero attached hydrogens (tertiary/aromatic N) is 1. The lowest BCUT2D eigenvalue weighted by atomic mass is 10.1. The molecule has 36 heavy (non-hydrogen) atoms. The first-order valence-corrected chi connectivity index (χ1v) is 12.9. The highest BCUT2D eigenvalue weighted by Crippen LogP contribution is 2.33. The van der Waals surface area contributed by atoms with Crippen LogP contribution in [-0.2, 0) is 27.9 Å². The SMILES string of the molecule is COc1ccc(S(=O)(=O)N(Cc2ccccc2)c2c(C)cccc2C(=O)OCc2ccccc2)cc1. The van der Waals surface area contributed by atoms with E-state index < -0.39 is 16.0 Å². The Morgan fingerprint density at radius 2 is 1.39 bits per heavy atom. The minimum absolute atomic E-state index is 0.0407. The normalized spacial score (nSPS) is 11.1. The molecule has 0 amide bonds. The highest BCUT2D eigenvalue weighted by atomic mass is 32.2. The average Bonchev–Trinajstić information content (AvgIpc) is 2.91. The van der Waals surface area contributed by atoms with Crippen molar-refractivity contribution in [2.75, 3.05) is 11.4 Å². The van der Waals surface area contributed by atoms with Gasteiger partial charge in [0.15, 0.2) is 0 Å². The van der Waals surface area contributed by atoms with Crippen LogP contribution in [0.25, 0.3) is 0 Å². The van der Waals surface area contributed by atoms with E-state index in [1.54, 1.807) is 37.3 Å². The first-order valence-electron chi connectivity index (χ1n) is 11.4. The Morgan fingerprint density at radius 1 is 0.778 bits per heavy atom. The number of hydrogen-bond acceptors (Lipinski definition) is 5. The van der Waals surface area contributed by atoms with Crippen LogP contribution in [0.5, 0.6) is 5.75 Å². The highest BCUT2D eigenvalue weighted by Gasteiger charge is 2.30. The lowest BCUT2D eigenvalue weighted by Gasteiger charge is -2.28. The molecule has 0 aliphatic heterocycles. The Labute approximate surface area is 211 Å². The third kappa shape index (κ3) is 5.58. The summed E-state index contributed by atoms with van der Waals surface area (Å²) >= 11 is 0. The maximum atomic E-state index is 14.0. The Morgan fingerprint density at radius 3 is 2.00 bits per heavy atom. The van der Waals surface area contributed by atoms with Gasteiger partial charge >= 0.3 is 5.97 Å². The predicted octanol–water partition coefficient (Wildman–Crippen LogP) is 5.76. The van der Waals surface area contributed by atoms with Crippen molar-refractivity contribution in [3.8, 4) is 5.75 Å². The minimum Gasteiger partial charge on any atom is -0.497 e. The molecule has 184 valence electrons. The van der Waals surface area contributed by atoms with Crippen LogP contribution in [0.4, 0.5) is 5.69 Å². The quantitative estimate of drug-likeness (QED) is 0.273. The molecule has 4 rings (SSSR count). The fraction of sp³-hybridized carbons (Fsp3) is 0.138. The zero-order valence-electron chi connectivity index (χ0n) is 20.1. The summed E-state index contributed by atoms with van der Waals surface area (Å²) in [5, 5.41) is 0. The molecular formula is C29H27NO5S. The molecule has 0 aliphatic carbocycles. The smallest absolute Gasteiger partial charge is 0.340 e. The van der Waals surface area contributed by atoms with E-state index in [1.165, 1.54) is 23.5 Å². The van der Waals surface area contributed by atoms with Crippen LogP contribution in [-0.4, -0.2) is 21.5 Å². The molecule has 0 aromatic heterocycles. The summed E-state index contributed by atoms with van der Waals surface area (Å²) in [5.74, 6) is -0.0508. The van der Waals surface area contributed by atoms with E-state index in [9.17, 15) is 13.2 Å². The molecule has 4 aromatic carbocycles. The zero-order chi connectivity index (χ0) is 25.5. The van der Waals surface area contributed by atoms with Crippen LogP contribution in [0.3, 0.4) is 0 Å². The molecule has 0 atom stereocenters. The van der Waals surface area contributed by atoms with Crippen molar-refractivity contribution in [3.63, 3.8) is 0 Å².